The van der Waals surface area contributed by atoms with Gasteiger partial charge >= 0.3 is 0 Å². The Bertz CT molecular complexity index is 623. The number of Topliss-reactive ketones (excluding diaryl/α,β-unsaturated/α-hetero) is 1. The molecule has 0 aromatic heterocycles. The van der Waals surface area contributed by atoms with Crippen LogP contribution in [0.5, 0.6) is 0 Å². The van der Waals surface area contributed by atoms with Crippen molar-refractivity contribution in [2.45, 2.75) is 36.2 Å². The molecule has 2 heterocycles. The van der Waals surface area contributed by atoms with Crippen LogP contribution in [0.25, 0.3) is 6.08 Å². The Kier molecular flexibility index (Phi) is 3.28. The van der Waals surface area contributed by atoms with Crippen LogP contribution in [0.3, 0.4) is 0 Å². The molecule has 3 rings (SSSR count). The number of rotatable bonds is 3. The van der Waals surface area contributed by atoms with E-state index in [1.165, 1.54) is 0 Å². The van der Waals surface area contributed by atoms with E-state index in [9.17, 15) is 13.2 Å². The molecule has 2 saturated heterocycles. The Morgan fingerprint density at radius 3 is 2.15 bits per heavy atom. The molecule has 2 bridgehead atoms. The molecule has 4 heteroatoms. The first-order valence-electron chi connectivity index (χ1n) is 7.02. The predicted octanol–water partition coefficient (Wildman–Crippen LogP) is 2.87. The van der Waals surface area contributed by atoms with Crippen LogP contribution < -0.4 is 0 Å². The molecule has 0 aliphatic carbocycles. The van der Waals surface area contributed by atoms with E-state index in [0.29, 0.717) is 18.4 Å². The lowest BCUT2D eigenvalue weighted by atomic mass is 9.90. The summed E-state index contributed by atoms with van der Waals surface area (Å²) >= 11 is 0. The van der Waals surface area contributed by atoms with Crippen LogP contribution in [-0.4, -0.2) is 24.7 Å². The first kappa shape index (κ1) is 13.6. The van der Waals surface area contributed by atoms with E-state index in [2.05, 4.69) is 6.58 Å². The average Bonchev–Trinajstić information content (AvgIpc) is 2.66. The average molecular weight is 290 g/mol. The zero-order valence-electron chi connectivity index (χ0n) is 11.3. The van der Waals surface area contributed by atoms with Crippen molar-refractivity contribution in [3.05, 3.63) is 42.0 Å². The largest absolute Gasteiger partial charge is 0.294 e. The molecular formula is C16H18O3S. The lowest BCUT2D eigenvalue weighted by Crippen LogP contribution is -2.36. The summed E-state index contributed by atoms with van der Waals surface area (Å²) in [7, 11) is -2.95. The Balaban J connectivity index is 1.80. The Labute approximate surface area is 119 Å². The van der Waals surface area contributed by atoms with E-state index in [1.54, 1.807) is 6.08 Å². The molecule has 2 fully saturated rings. The third-order valence-electron chi connectivity index (χ3n) is 4.64. The minimum absolute atomic E-state index is 0.0902. The minimum Gasteiger partial charge on any atom is -0.294 e. The number of hydrogen-bond acceptors (Lipinski definition) is 3. The first-order chi connectivity index (χ1) is 9.52. The van der Waals surface area contributed by atoms with Gasteiger partial charge in [-0.3, -0.25) is 4.79 Å². The summed E-state index contributed by atoms with van der Waals surface area (Å²) in [6.07, 6.45) is 4.20. The highest BCUT2D eigenvalue weighted by molar-refractivity contribution is 7.93. The molecule has 0 N–H and O–H groups in total. The molecule has 1 aromatic carbocycles. The Hall–Kier alpha value is -1.42. The molecule has 2 aliphatic heterocycles. The highest BCUT2D eigenvalue weighted by Crippen LogP contribution is 2.42. The fourth-order valence-corrected chi connectivity index (χ4v) is 5.92. The van der Waals surface area contributed by atoms with Crippen molar-refractivity contribution < 1.29 is 13.2 Å². The molecule has 2 aliphatic rings. The summed E-state index contributed by atoms with van der Waals surface area (Å²) in [5.74, 6) is -0.0435. The maximum atomic E-state index is 12.5. The highest BCUT2D eigenvalue weighted by atomic mass is 32.2. The van der Waals surface area contributed by atoms with Crippen LogP contribution in [0.4, 0.5) is 0 Å². The molecule has 0 saturated carbocycles. The molecule has 2 unspecified atom stereocenters. The van der Waals surface area contributed by atoms with E-state index >= 15 is 0 Å². The van der Waals surface area contributed by atoms with Gasteiger partial charge < -0.3 is 0 Å². The van der Waals surface area contributed by atoms with Gasteiger partial charge in [0.15, 0.2) is 15.6 Å². The Morgan fingerprint density at radius 1 is 1.10 bits per heavy atom. The molecular weight excluding hydrogens is 272 g/mol. The molecule has 0 radical (unpaired) electrons. The lowest BCUT2D eigenvalue weighted by molar-refractivity contribution is 0.0905. The van der Waals surface area contributed by atoms with E-state index in [4.69, 9.17) is 0 Å². The van der Waals surface area contributed by atoms with E-state index in [0.717, 1.165) is 18.4 Å². The van der Waals surface area contributed by atoms with Crippen molar-refractivity contribution in [2.75, 3.05) is 0 Å². The summed E-state index contributed by atoms with van der Waals surface area (Å²) in [5, 5.41) is -0.578. The molecule has 2 atom stereocenters. The number of benzene rings is 1. The summed E-state index contributed by atoms with van der Waals surface area (Å²) in [4.78, 5) is 12.5. The molecule has 106 valence electrons. The number of hydrogen-bond donors (Lipinski definition) is 0. The van der Waals surface area contributed by atoms with E-state index in [-0.39, 0.29) is 22.2 Å². The molecule has 1 aromatic rings. The van der Waals surface area contributed by atoms with Crippen molar-refractivity contribution in [1.82, 2.24) is 0 Å². The van der Waals surface area contributed by atoms with Crippen LogP contribution in [0, 0.1) is 5.92 Å². The standard InChI is InChI=1S/C16H18O3S/c1-2-11-3-5-12(6-4-11)16(17)13-9-14-7-8-15(10-13)20(14,18)19/h2-6,13-15H,1,7-10H2. The molecule has 3 nitrogen and oxygen atoms in total. The van der Waals surface area contributed by atoms with Crippen molar-refractivity contribution in [2.24, 2.45) is 5.92 Å². The number of carbonyl (C=O) groups is 1. The molecule has 0 spiro atoms. The number of ketones is 1. The van der Waals surface area contributed by atoms with E-state index < -0.39 is 9.84 Å². The monoisotopic (exact) mass is 290 g/mol. The number of fused-ring (bicyclic) bond motifs is 2. The zero-order valence-corrected chi connectivity index (χ0v) is 12.1. The summed E-state index contributed by atoms with van der Waals surface area (Å²) in [6.45, 7) is 3.69. The van der Waals surface area contributed by atoms with Gasteiger partial charge in [-0.25, -0.2) is 8.42 Å². The second kappa shape index (κ2) is 4.85. The van der Waals surface area contributed by atoms with Crippen LogP contribution in [0.15, 0.2) is 30.8 Å². The fraction of sp³-hybridized carbons (Fsp3) is 0.438. The lowest BCUT2D eigenvalue weighted by Gasteiger charge is -2.27. The fourth-order valence-electron chi connectivity index (χ4n) is 3.44. The van der Waals surface area contributed by atoms with Gasteiger partial charge in [0.1, 0.15) is 0 Å². The zero-order chi connectivity index (χ0) is 14.3. The summed E-state index contributed by atoms with van der Waals surface area (Å²) in [5.41, 5.74) is 1.66. The van der Waals surface area contributed by atoms with Crippen molar-refractivity contribution >= 4 is 21.7 Å². The molecule has 20 heavy (non-hydrogen) atoms. The van der Waals surface area contributed by atoms with Gasteiger partial charge in [-0.2, -0.15) is 0 Å². The normalized spacial score (nSPS) is 30.9. The van der Waals surface area contributed by atoms with Crippen molar-refractivity contribution in [1.29, 1.82) is 0 Å². The van der Waals surface area contributed by atoms with Gasteiger partial charge in [-0.1, -0.05) is 36.9 Å². The maximum absolute atomic E-state index is 12.5. The van der Waals surface area contributed by atoms with Gasteiger partial charge in [0, 0.05) is 11.5 Å². The van der Waals surface area contributed by atoms with Crippen LogP contribution in [0.1, 0.15) is 41.6 Å². The highest BCUT2D eigenvalue weighted by Gasteiger charge is 2.48. The van der Waals surface area contributed by atoms with Crippen molar-refractivity contribution in [3.63, 3.8) is 0 Å². The topological polar surface area (TPSA) is 51.2 Å². The smallest absolute Gasteiger partial charge is 0.166 e. The second-order valence-electron chi connectivity index (χ2n) is 5.77. The van der Waals surface area contributed by atoms with E-state index in [1.807, 2.05) is 24.3 Å². The first-order valence-corrected chi connectivity index (χ1v) is 8.62. The van der Waals surface area contributed by atoms with Gasteiger partial charge in [0.25, 0.3) is 0 Å². The van der Waals surface area contributed by atoms with Gasteiger partial charge in [0.05, 0.1) is 10.5 Å². The van der Waals surface area contributed by atoms with Crippen LogP contribution in [0.2, 0.25) is 0 Å². The third-order valence-corrected chi connectivity index (χ3v) is 7.35. The van der Waals surface area contributed by atoms with Gasteiger partial charge in [-0.05, 0) is 31.2 Å². The molecule has 0 amide bonds. The van der Waals surface area contributed by atoms with Gasteiger partial charge in [-0.15, -0.1) is 0 Å². The predicted molar refractivity (Wildman–Crippen MR) is 79.3 cm³/mol. The third kappa shape index (κ3) is 2.12. The number of sulfone groups is 1. The minimum atomic E-state index is -2.95. The quantitative estimate of drug-likeness (QED) is 0.804. The second-order valence-corrected chi connectivity index (χ2v) is 8.28. The van der Waals surface area contributed by atoms with Gasteiger partial charge in [0.2, 0.25) is 0 Å². The summed E-state index contributed by atoms with van der Waals surface area (Å²) < 4.78 is 24.1. The SMILES string of the molecule is C=Cc1ccc(C(=O)C2CC3CCC(C2)S3(=O)=O)cc1. The number of carbonyl (C=O) groups excluding carboxylic acids is 1. The maximum Gasteiger partial charge on any atom is 0.166 e. The summed E-state index contributed by atoms with van der Waals surface area (Å²) in [6, 6.07) is 7.36. The van der Waals surface area contributed by atoms with Crippen molar-refractivity contribution in [3.8, 4) is 0 Å². The van der Waals surface area contributed by atoms with Crippen LogP contribution in [-0.2, 0) is 9.84 Å². The Morgan fingerprint density at radius 2 is 1.65 bits per heavy atom. The van der Waals surface area contributed by atoms with Crippen LogP contribution >= 0.6 is 0 Å².